The molecule has 0 spiro atoms. The number of hydrogen-bond donors (Lipinski definition) is 2. The number of carbonyl (C=O) groups is 1. The number of anilines is 2. The summed E-state index contributed by atoms with van der Waals surface area (Å²) in [6, 6.07) is 5.67. The van der Waals surface area contributed by atoms with Crippen LogP contribution in [0.2, 0.25) is 5.02 Å². The van der Waals surface area contributed by atoms with E-state index in [-0.39, 0.29) is 12.0 Å². The summed E-state index contributed by atoms with van der Waals surface area (Å²) in [4.78, 5) is 12.5. The number of nitrogens with zero attached hydrogens (tertiary/aromatic N) is 1. The summed E-state index contributed by atoms with van der Waals surface area (Å²) < 4.78 is 13.9. The maximum Gasteiger partial charge on any atom is 0.270 e. The molecule has 4 rings (SSSR count). The molecule has 0 atom stereocenters. The summed E-state index contributed by atoms with van der Waals surface area (Å²) >= 11 is 9.91. The third-order valence-electron chi connectivity index (χ3n) is 4.73. The number of benzene rings is 1. The quantitative estimate of drug-likeness (QED) is 0.745. The summed E-state index contributed by atoms with van der Waals surface area (Å²) in [6.07, 6.45) is 0.122. The van der Waals surface area contributed by atoms with Crippen LogP contribution in [0.15, 0.2) is 22.7 Å². The van der Waals surface area contributed by atoms with Gasteiger partial charge in [0.1, 0.15) is 11.8 Å². The minimum Gasteiger partial charge on any atom is -0.376 e. The van der Waals surface area contributed by atoms with E-state index < -0.39 is 0 Å². The van der Waals surface area contributed by atoms with Crippen molar-refractivity contribution in [3.8, 4) is 0 Å². The van der Waals surface area contributed by atoms with Crippen LogP contribution in [0.4, 0.5) is 11.4 Å². The molecule has 1 aromatic carbocycles. The van der Waals surface area contributed by atoms with Gasteiger partial charge >= 0.3 is 0 Å². The number of hydrogen-bond acceptors (Lipinski definition) is 4. The van der Waals surface area contributed by atoms with Gasteiger partial charge in [0.25, 0.3) is 5.91 Å². The zero-order valence-corrected chi connectivity index (χ0v) is 16.6. The average molecular weight is 441 g/mol. The summed E-state index contributed by atoms with van der Waals surface area (Å²) in [5.41, 5.74) is 4.08. The minimum atomic E-state index is -0.0997. The van der Waals surface area contributed by atoms with Crippen molar-refractivity contribution in [2.45, 2.75) is 26.2 Å². The molecule has 3 heterocycles. The van der Waals surface area contributed by atoms with E-state index in [2.05, 4.69) is 26.6 Å². The van der Waals surface area contributed by atoms with Crippen LogP contribution in [0.1, 0.15) is 21.7 Å². The van der Waals surface area contributed by atoms with Crippen LogP contribution in [0.3, 0.4) is 0 Å². The molecule has 26 heavy (non-hydrogen) atoms. The molecule has 1 aromatic heterocycles. The second kappa shape index (κ2) is 7.23. The van der Waals surface area contributed by atoms with Crippen LogP contribution in [0.5, 0.6) is 0 Å². The largest absolute Gasteiger partial charge is 0.376 e. The fourth-order valence-corrected chi connectivity index (χ4v) is 3.91. The zero-order valence-electron chi connectivity index (χ0n) is 14.3. The number of halogens is 2. The van der Waals surface area contributed by atoms with Crippen LogP contribution in [-0.2, 0) is 22.6 Å². The van der Waals surface area contributed by atoms with Crippen LogP contribution >= 0.6 is 27.5 Å². The monoisotopic (exact) mass is 439 g/mol. The Hall–Kier alpha value is -1.54. The normalized spacial score (nSPS) is 16.8. The van der Waals surface area contributed by atoms with Crippen LogP contribution < -0.4 is 10.6 Å². The van der Waals surface area contributed by atoms with Gasteiger partial charge in [-0.05, 0) is 40.5 Å². The summed E-state index contributed by atoms with van der Waals surface area (Å²) in [5, 5.41) is 6.97. The Morgan fingerprint density at radius 2 is 2.27 bits per heavy atom. The highest BCUT2D eigenvalue weighted by Gasteiger charge is 2.30. The van der Waals surface area contributed by atoms with Gasteiger partial charge in [-0.15, -0.1) is 0 Å². The van der Waals surface area contributed by atoms with Gasteiger partial charge in [0.05, 0.1) is 35.7 Å². The molecule has 2 aliphatic heterocycles. The minimum absolute atomic E-state index is 0.0997. The molecule has 1 fully saturated rings. The molecule has 2 aromatic rings. The fraction of sp³-hybridized carbons (Fsp3) is 0.389. The zero-order chi connectivity index (χ0) is 18.3. The molecule has 2 N–H and O–H groups in total. The van der Waals surface area contributed by atoms with Gasteiger partial charge in [0, 0.05) is 23.8 Å². The molecule has 0 aliphatic carbocycles. The highest BCUT2D eigenvalue weighted by atomic mass is 79.9. The van der Waals surface area contributed by atoms with Crippen molar-refractivity contribution in [2.75, 3.05) is 25.1 Å². The Balaban J connectivity index is 1.72. The maximum absolute atomic E-state index is 12.5. The Bertz CT molecular complexity index is 864. The predicted molar refractivity (Wildman–Crippen MR) is 103 cm³/mol. The van der Waals surface area contributed by atoms with Crippen molar-refractivity contribution >= 4 is 44.8 Å². The van der Waals surface area contributed by atoms with E-state index in [1.54, 1.807) is 0 Å². The van der Waals surface area contributed by atoms with Crippen molar-refractivity contribution in [1.82, 2.24) is 9.88 Å². The molecule has 6 nitrogen and oxygen atoms in total. The first-order chi connectivity index (χ1) is 12.6. The van der Waals surface area contributed by atoms with Crippen LogP contribution in [-0.4, -0.2) is 36.3 Å². The highest BCUT2D eigenvalue weighted by molar-refractivity contribution is 9.10. The van der Waals surface area contributed by atoms with E-state index in [1.165, 1.54) is 0 Å². The van der Waals surface area contributed by atoms with Crippen molar-refractivity contribution in [1.29, 1.82) is 0 Å². The van der Waals surface area contributed by atoms with E-state index >= 15 is 0 Å². The Labute approximate surface area is 164 Å². The average Bonchev–Trinajstić information content (AvgIpc) is 2.84. The standard InChI is InChI=1S/C18H19BrClN3O3/c1-10-12(20)3-2-4-13(10)22-16-15(19)14(9-26-11-7-25-8-11)23-6-5-21-18(24)17(16)23/h2-4,11,22H,5-9H2,1H3,(H,21,24). The maximum atomic E-state index is 12.5. The number of nitrogens with one attached hydrogen (secondary N) is 2. The number of carbonyl (C=O) groups excluding carboxylic acids is 1. The molecule has 0 saturated carbocycles. The van der Waals surface area contributed by atoms with Crippen LogP contribution in [0.25, 0.3) is 0 Å². The SMILES string of the molecule is Cc1c(Cl)cccc1Nc1c(Br)c(COC2COC2)n2c1C(=O)NCC2. The van der Waals surface area contributed by atoms with Crippen LogP contribution in [0, 0.1) is 6.92 Å². The third-order valence-corrected chi connectivity index (χ3v) is 6.00. The van der Waals surface area contributed by atoms with Gasteiger partial charge in [-0.1, -0.05) is 17.7 Å². The molecule has 138 valence electrons. The first-order valence-electron chi connectivity index (χ1n) is 8.46. The van der Waals surface area contributed by atoms with E-state index in [1.807, 2.05) is 29.7 Å². The number of ether oxygens (including phenoxy) is 2. The first-order valence-corrected chi connectivity index (χ1v) is 9.64. The van der Waals surface area contributed by atoms with E-state index in [4.69, 9.17) is 21.1 Å². The number of fused-ring (bicyclic) bond motifs is 1. The molecule has 0 bridgehead atoms. The lowest BCUT2D eigenvalue weighted by atomic mass is 10.2. The van der Waals surface area contributed by atoms with Gasteiger partial charge < -0.3 is 24.7 Å². The van der Waals surface area contributed by atoms with Crippen molar-refractivity contribution in [3.05, 3.63) is 44.6 Å². The van der Waals surface area contributed by atoms with Gasteiger partial charge in [-0.25, -0.2) is 0 Å². The van der Waals surface area contributed by atoms with E-state index in [0.29, 0.717) is 43.6 Å². The second-order valence-corrected chi connectivity index (χ2v) is 7.60. The molecule has 0 unspecified atom stereocenters. The number of amides is 1. The third kappa shape index (κ3) is 3.13. The molecular formula is C18H19BrClN3O3. The molecular weight excluding hydrogens is 422 g/mol. The lowest BCUT2D eigenvalue weighted by Crippen LogP contribution is -2.37. The molecule has 8 heteroatoms. The Morgan fingerprint density at radius 1 is 1.46 bits per heavy atom. The van der Waals surface area contributed by atoms with Crippen molar-refractivity contribution in [3.63, 3.8) is 0 Å². The topological polar surface area (TPSA) is 64.5 Å². The van der Waals surface area contributed by atoms with Crippen molar-refractivity contribution < 1.29 is 14.3 Å². The summed E-state index contributed by atoms with van der Waals surface area (Å²) in [6.45, 7) is 4.92. The van der Waals surface area contributed by atoms with E-state index in [0.717, 1.165) is 27.1 Å². The summed E-state index contributed by atoms with van der Waals surface area (Å²) in [7, 11) is 0. The van der Waals surface area contributed by atoms with Gasteiger partial charge in [-0.3, -0.25) is 4.79 Å². The lowest BCUT2D eigenvalue weighted by Gasteiger charge is -2.26. The number of rotatable bonds is 5. The Morgan fingerprint density at radius 3 is 3.00 bits per heavy atom. The van der Waals surface area contributed by atoms with Crippen molar-refractivity contribution in [2.24, 2.45) is 0 Å². The highest BCUT2D eigenvalue weighted by Crippen LogP contribution is 2.38. The smallest absolute Gasteiger partial charge is 0.270 e. The second-order valence-electron chi connectivity index (χ2n) is 6.40. The first kappa shape index (κ1) is 17.9. The van der Waals surface area contributed by atoms with Gasteiger partial charge in [-0.2, -0.15) is 0 Å². The molecule has 2 aliphatic rings. The Kier molecular flexibility index (Phi) is 4.96. The van der Waals surface area contributed by atoms with Gasteiger partial charge in [0.2, 0.25) is 0 Å². The number of aromatic nitrogens is 1. The van der Waals surface area contributed by atoms with E-state index in [9.17, 15) is 4.79 Å². The predicted octanol–water partition coefficient (Wildman–Crippen LogP) is 3.61. The molecule has 1 amide bonds. The molecule has 1 saturated heterocycles. The fourth-order valence-electron chi connectivity index (χ4n) is 3.12. The lowest BCUT2D eigenvalue weighted by molar-refractivity contribution is -0.136. The summed E-state index contributed by atoms with van der Waals surface area (Å²) in [5.74, 6) is -0.0997. The van der Waals surface area contributed by atoms with Gasteiger partial charge in [0.15, 0.2) is 0 Å². The molecule has 0 radical (unpaired) electrons.